The van der Waals surface area contributed by atoms with E-state index in [4.69, 9.17) is 4.74 Å². The first-order valence-corrected chi connectivity index (χ1v) is 9.35. The number of aryl methyl sites for hydroxylation is 1. The number of allylic oxidation sites excluding steroid dienone is 1. The van der Waals surface area contributed by atoms with E-state index in [1.54, 1.807) is 18.0 Å². The van der Waals surface area contributed by atoms with Gasteiger partial charge in [0.15, 0.2) is 0 Å². The van der Waals surface area contributed by atoms with E-state index < -0.39 is 0 Å². The third-order valence-electron chi connectivity index (χ3n) is 3.32. The molecule has 132 valence electrons. The van der Waals surface area contributed by atoms with E-state index in [1.165, 1.54) is 4.90 Å². The molecule has 0 aliphatic heterocycles. The van der Waals surface area contributed by atoms with Crippen molar-refractivity contribution in [1.29, 1.82) is 0 Å². The maximum Gasteiger partial charge on any atom is 0.316 e. The molecule has 0 radical (unpaired) electrons. The standard InChI is InChI=1S/C18H28N4OS/c1-7-9-23-18(19-8-2)22-15(5)13(3)11-21-16-12-20-14(4)10-17(16)24-6/h8,10,12,21H,7,9,11H2,1-6H3/b15-13+,19-8?,22-18?. The van der Waals surface area contributed by atoms with Crippen LogP contribution in [-0.4, -0.2) is 36.6 Å². The lowest BCUT2D eigenvalue weighted by atomic mass is 10.2. The first-order chi connectivity index (χ1) is 11.5. The van der Waals surface area contributed by atoms with Crippen LogP contribution in [0.2, 0.25) is 0 Å². The third kappa shape index (κ3) is 6.74. The molecule has 0 fully saturated rings. The van der Waals surface area contributed by atoms with Gasteiger partial charge in [-0.3, -0.25) is 4.98 Å². The SMILES string of the molecule is CC=NC(=N/C(C)=C(\C)CNc1cnc(C)cc1SC)OCCC. The molecule has 1 aromatic rings. The smallest absolute Gasteiger partial charge is 0.316 e. The lowest BCUT2D eigenvalue weighted by molar-refractivity contribution is 0.300. The van der Waals surface area contributed by atoms with Gasteiger partial charge in [-0.05, 0) is 52.0 Å². The number of hydrogen-bond acceptors (Lipinski definition) is 5. The molecule has 1 rings (SSSR count). The van der Waals surface area contributed by atoms with Gasteiger partial charge in [-0.2, -0.15) is 0 Å². The van der Waals surface area contributed by atoms with Crippen molar-refractivity contribution in [3.63, 3.8) is 0 Å². The summed E-state index contributed by atoms with van der Waals surface area (Å²) < 4.78 is 5.55. The van der Waals surface area contributed by atoms with E-state index >= 15 is 0 Å². The molecule has 0 aromatic carbocycles. The second-order valence-electron chi connectivity index (χ2n) is 5.38. The van der Waals surface area contributed by atoms with Crippen LogP contribution in [0, 0.1) is 6.92 Å². The lowest BCUT2D eigenvalue weighted by Gasteiger charge is -2.12. The first kappa shape index (κ1) is 20.2. The van der Waals surface area contributed by atoms with Crippen molar-refractivity contribution < 1.29 is 4.74 Å². The Morgan fingerprint density at radius 3 is 2.79 bits per heavy atom. The van der Waals surface area contributed by atoms with Crippen LogP contribution < -0.4 is 5.32 Å². The molecular formula is C18H28N4OS. The van der Waals surface area contributed by atoms with E-state index in [1.807, 2.05) is 27.0 Å². The van der Waals surface area contributed by atoms with Gasteiger partial charge in [0.1, 0.15) is 0 Å². The maximum absolute atomic E-state index is 5.55. The number of nitrogens with zero attached hydrogens (tertiary/aromatic N) is 3. The summed E-state index contributed by atoms with van der Waals surface area (Å²) in [7, 11) is 0. The molecule has 6 heteroatoms. The number of aliphatic imine (C=N–C) groups is 2. The predicted molar refractivity (Wildman–Crippen MR) is 105 cm³/mol. The van der Waals surface area contributed by atoms with Crippen LogP contribution >= 0.6 is 11.8 Å². The van der Waals surface area contributed by atoms with Crippen LogP contribution in [0.5, 0.6) is 0 Å². The highest BCUT2D eigenvalue weighted by molar-refractivity contribution is 7.98. The van der Waals surface area contributed by atoms with Gasteiger partial charge in [-0.15, -0.1) is 11.8 Å². The van der Waals surface area contributed by atoms with Crippen molar-refractivity contribution in [2.45, 2.75) is 45.9 Å². The summed E-state index contributed by atoms with van der Waals surface area (Å²) in [4.78, 5) is 14.2. The Hall–Kier alpha value is -1.82. The van der Waals surface area contributed by atoms with Crippen molar-refractivity contribution >= 4 is 29.7 Å². The minimum absolute atomic E-state index is 0.415. The Bertz CT molecular complexity index is 623. The molecule has 0 saturated carbocycles. The molecule has 0 aliphatic carbocycles. The molecule has 0 bridgehead atoms. The van der Waals surface area contributed by atoms with Crippen molar-refractivity contribution in [1.82, 2.24) is 4.98 Å². The van der Waals surface area contributed by atoms with E-state index in [2.05, 4.69) is 46.5 Å². The van der Waals surface area contributed by atoms with Gasteiger partial charge in [0, 0.05) is 29.0 Å². The van der Waals surface area contributed by atoms with Crippen LogP contribution in [0.25, 0.3) is 0 Å². The Kier molecular flexibility index (Phi) is 9.15. The Labute approximate surface area is 149 Å². The number of nitrogens with one attached hydrogen (secondary N) is 1. The minimum Gasteiger partial charge on any atom is -0.463 e. The molecular weight excluding hydrogens is 320 g/mol. The van der Waals surface area contributed by atoms with Crippen LogP contribution in [0.4, 0.5) is 5.69 Å². The highest BCUT2D eigenvalue weighted by Gasteiger charge is 2.05. The fourth-order valence-corrected chi connectivity index (χ4v) is 2.47. The number of pyridine rings is 1. The summed E-state index contributed by atoms with van der Waals surface area (Å²) in [6.45, 7) is 11.3. The van der Waals surface area contributed by atoms with Crippen LogP contribution in [0.1, 0.15) is 39.8 Å². The first-order valence-electron chi connectivity index (χ1n) is 8.12. The van der Waals surface area contributed by atoms with E-state index in [-0.39, 0.29) is 0 Å². The average Bonchev–Trinajstić information content (AvgIpc) is 2.58. The van der Waals surface area contributed by atoms with Gasteiger partial charge in [0.25, 0.3) is 0 Å². The molecule has 0 atom stereocenters. The zero-order chi connectivity index (χ0) is 17.9. The quantitative estimate of drug-likeness (QED) is 0.441. The molecule has 1 heterocycles. The molecule has 5 nitrogen and oxygen atoms in total. The average molecular weight is 349 g/mol. The van der Waals surface area contributed by atoms with E-state index in [0.29, 0.717) is 19.2 Å². The van der Waals surface area contributed by atoms with Gasteiger partial charge in [0.2, 0.25) is 0 Å². The highest BCUT2D eigenvalue weighted by atomic mass is 32.2. The van der Waals surface area contributed by atoms with E-state index in [9.17, 15) is 0 Å². The maximum atomic E-state index is 5.55. The topological polar surface area (TPSA) is 58.9 Å². The number of aromatic nitrogens is 1. The van der Waals surface area contributed by atoms with E-state index in [0.717, 1.165) is 29.1 Å². The minimum atomic E-state index is 0.415. The number of rotatable bonds is 7. The van der Waals surface area contributed by atoms with Crippen LogP contribution in [0.15, 0.2) is 38.4 Å². The molecule has 1 N–H and O–H groups in total. The third-order valence-corrected chi connectivity index (χ3v) is 4.10. The highest BCUT2D eigenvalue weighted by Crippen LogP contribution is 2.25. The summed E-state index contributed by atoms with van der Waals surface area (Å²) >= 11 is 1.71. The van der Waals surface area contributed by atoms with Crippen LogP contribution in [0.3, 0.4) is 0 Å². The summed E-state index contributed by atoms with van der Waals surface area (Å²) in [5.74, 6) is 0. The van der Waals surface area contributed by atoms with Crippen molar-refractivity contribution in [2.24, 2.45) is 9.98 Å². The van der Waals surface area contributed by atoms with Crippen LogP contribution in [-0.2, 0) is 4.74 Å². The summed E-state index contributed by atoms with van der Waals surface area (Å²) in [6, 6.07) is 2.50. The van der Waals surface area contributed by atoms with Gasteiger partial charge >= 0.3 is 6.02 Å². The Morgan fingerprint density at radius 2 is 2.17 bits per heavy atom. The molecule has 24 heavy (non-hydrogen) atoms. The summed E-state index contributed by atoms with van der Waals surface area (Å²) in [5.41, 5.74) is 4.10. The number of hydrogen-bond donors (Lipinski definition) is 1. The molecule has 0 saturated heterocycles. The molecule has 1 aromatic heterocycles. The zero-order valence-electron chi connectivity index (χ0n) is 15.5. The zero-order valence-corrected chi connectivity index (χ0v) is 16.3. The molecule has 0 amide bonds. The number of ether oxygens (including phenoxy) is 1. The van der Waals surface area contributed by atoms with Gasteiger partial charge < -0.3 is 10.1 Å². The second-order valence-corrected chi connectivity index (χ2v) is 6.22. The predicted octanol–water partition coefficient (Wildman–Crippen LogP) is 4.69. The number of thioether (sulfide) groups is 1. The molecule has 0 spiro atoms. The number of amidine groups is 1. The fraction of sp³-hybridized carbons (Fsp3) is 0.500. The molecule has 0 aliphatic rings. The van der Waals surface area contributed by atoms with Gasteiger partial charge in [0.05, 0.1) is 18.5 Å². The van der Waals surface area contributed by atoms with Crippen molar-refractivity contribution in [3.8, 4) is 0 Å². The van der Waals surface area contributed by atoms with Crippen molar-refractivity contribution in [2.75, 3.05) is 24.7 Å². The lowest BCUT2D eigenvalue weighted by Crippen LogP contribution is -2.07. The summed E-state index contributed by atoms with van der Waals surface area (Å²) in [5, 5.41) is 3.43. The second kappa shape index (κ2) is 10.9. The Balaban J connectivity index is 2.83. The normalized spacial score (nSPS) is 13.2. The Morgan fingerprint density at radius 1 is 1.42 bits per heavy atom. The number of anilines is 1. The molecule has 0 unspecified atom stereocenters. The van der Waals surface area contributed by atoms with Gasteiger partial charge in [-0.1, -0.05) is 6.92 Å². The largest absolute Gasteiger partial charge is 0.463 e. The fourth-order valence-electron chi connectivity index (χ4n) is 1.83. The monoisotopic (exact) mass is 348 g/mol. The summed E-state index contributed by atoms with van der Waals surface area (Å²) in [6.07, 6.45) is 6.57. The van der Waals surface area contributed by atoms with Gasteiger partial charge in [-0.25, -0.2) is 9.98 Å². The van der Waals surface area contributed by atoms with Crippen molar-refractivity contribution in [3.05, 3.63) is 29.2 Å².